The molecule has 1 rings (SSSR count). The third-order valence-electron chi connectivity index (χ3n) is 1.47. The van der Waals surface area contributed by atoms with Gasteiger partial charge in [0, 0.05) is 12.0 Å². The molecule has 56 valence electrons. The van der Waals surface area contributed by atoms with Gasteiger partial charge in [0.05, 0.1) is 12.7 Å². The quantitative estimate of drug-likeness (QED) is 0.468. The van der Waals surface area contributed by atoms with Gasteiger partial charge < -0.3 is 9.84 Å². The molecule has 0 aromatic rings. The van der Waals surface area contributed by atoms with Crippen LogP contribution in [0.1, 0.15) is 13.3 Å². The first-order chi connectivity index (χ1) is 4.74. The lowest BCUT2D eigenvalue weighted by atomic mass is 10.1. The van der Waals surface area contributed by atoms with E-state index in [0.717, 1.165) is 0 Å². The van der Waals surface area contributed by atoms with E-state index in [1.165, 1.54) is 0 Å². The first-order valence-corrected chi connectivity index (χ1v) is 3.24. The Bertz CT molecular complexity index is 168. The summed E-state index contributed by atoms with van der Waals surface area (Å²) in [4.78, 5) is 10.4. The van der Waals surface area contributed by atoms with Crippen LogP contribution in [0, 0.1) is 0 Å². The molecule has 3 heteroatoms. The van der Waals surface area contributed by atoms with Crippen LogP contribution in [-0.4, -0.2) is 23.8 Å². The van der Waals surface area contributed by atoms with Gasteiger partial charge in [-0.3, -0.25) is 0 Å². The number of ether oxygens (including phenoxy) is 1. The highest BCUT2D eigenvalue weighted by molar-refractivity contribution is 5.86. The van der Waals surface area contributed by atoms with E-state index in [2.05, 4.69) is 0 Å². The molecule has 1 aliphatic rings. The second kappa shape index (κ2) is 2.84. The molecule has 0 radical (unpaired) electrons. The molecule has 0 aliphatic carbocycles. The number of epoxide rings is 1. The molecular weight excluding hydrogens is 132 g/mol. The van der Waals surface area contributed by atoms with Crippen molar-refractivity contribution in [3.63, 3.8) is 0 Å². The molecule has 3 nitrogen and oxygen atoms in total. The minimum atomic E-state index is -0.835. The number of rotatable bonds is 3. The lowest BCUT2D eigenvalue weighted by Crippen LogP contribution is -2.02. The van der Waals surface area contributed by atoms with Crippen molar-refractivity contribution in [2.75, 3.05) is 6.61 Å². The lowest BCUT2D eigenvalue weighted by Gasteiger charge is -1.95. The average Bonchev–Trinajstić information content (AvgIpc) is 2.64. The number of carboxylic acid groups (broad SMARTS) is 1. The van der Waals surface area contributed by atoms with Gasteiger partial charge in [0.25, 0.3) is 0 Å². The van der Waals surface area contributed by atoms with Crippen molar-refractivity contribution in [1.82, 2.24) is 0 Å². The fourth-order valence-corrected chi connectivity index (χ4v) is 0.760. The maximum atomic E-state index is 10.4. The van der Waals surface area contributed by atoms with Crippen molar-refractivity contribution < 1.29 is 14.6 Å². The van der Waals surface area contributed by atoms with Gasteiger partial charge in [0.1, 0.15) is 0 Å². The largest absolute Gasteiger partial charge is 0.478 e. The van der Waals surface area contributed by atoms with E-state index < -0.39 is 5.97 Å². The molecular formula is C7H10O3. The zero-order valence-electron chi connectivity index (χ0n) is 5.83. The number of hydrogen-bond donors (Lipinski definition) is 1. The SMILES string of the molecule is CC=C(C[C@H]1CO1)C(=O)O. The van der Waals surface area contributed by atoms with Crippen LogP contribution < -0.4 is 0 Å². The van der Waals surface area contributed by atoms with Crippen LogP contribution in [0.5, 0.6) is 0 Å². The zero-order chi connectivity index (χ0) is 7.56. The smallest absolute Gasteiger partial charge is 0.331 e. The molecule has 1 N–H and O–H groups in total. The van der Waals surface area contributed by atoms with Gasteiger partial charge in [-0.1, -0.05) is 6.08 Å². The summed E-state index contributed by atoms with van der Waals surface area (Å²) < 4.78 is 4.89. The Balaban J connectivity index is 2.40. The predicted molar refractivity (Wildman–Crippen MR) is 35.7 cm³/mol. The summed E-state index contributed by atoms with van der Waals surface area (Å²) in [6.45, 7) is 2.44. The molecule has 0 spiro atoms. The highest BCUT2D eigenvalue weighted by Gasteiger charge is 2.25. The number of hydrogen-bond acceptors (Lipinski definition) is 2. The van der Waals surface area contributed by atoms with Gasteiger partial charge in [0.2, 0.25) is 0 Å². The number of carbonyl (C=O) groups is 1. The van der Waals surface area contributed by atoms with Crippen LogP contribution in [-0.2, 0) is 9.53 Å². The summed E-state index contributed by atoms with van der Waals surface area (Å²) in [7, 11) is 0. The molecule has 0 unspecified atom stereocenters. The normalized spacial score (nSPS) is 24.5. The zero-order valence-corrected chi connectivity index (χ0v) is 5.83. The van der Waals surface area contributed by atoms with E-state index in [1.807, 2.05) is 0 Å². The third kappa shape index (κ3) is 1.84. The van der Waals surface area contributed by atoms with Gasteiger partial charge in [0.15, 0.2) is 0 Å². The van der Waals surface area contributed by atoms with E-state index >= 15 is 0 Å². The number of carboxylic acids is 1. The number of aliphatic carboxylic acids is 1. The molecule has 1 aliphatic heterocycles. The van der Waals surface area contributed by atoms with Crippen LogP contribution in [0.4, 0.5) is 0 Å². The van der Waals surface area contributed by atoms with Crippen molar-refractivity contribution in [1.29, 1.82) is 0 Å². The van der Waals surface area contributed by atoms with Gasteiger partial charge >= 0.3 is 5.97 Å². The maximum absolute atomic E-state index is 10.4. The highest BCUT2D eigenvalue weighted by atomic mass is 16.6. The second-order valence-electron chi connectivity index (χ2n) is 2.28. The summed E-state index contributed by atoms with van der Waals surface area (Å²) in [5.41, 5.74) is 0.447. The fraction of sp³-hybridized carbons (Fsp3) is 0.571. The first kappa shape index (κ1) is 7.28. The third-order valence-corrected chi connectivity index (χ3v) is 1.47. The van der Waals surface area contributed by atoms with E-state index in [4.69, 9.17) is 9.84 Å². The summed E-state index contributed by atoms with van der Waals surface area (Å²) in [5.74, 6) is -0.835. The Kier molecular flexibility index (Phi) is 2.06. The first-order valence-electron chi connectivity index (χ1n) is 3.24. The lowest BCUT2D eigenvalue weighted by molar-refractivity contribution is -0.132. The van der Waals surface area contributed by atoms with Crippen LogP contribution in [0.25, 0.3) is 0 Å². The van der Waals surface area contributed by atoms with Crippen molar-refractivity contribution in [2.24, 2.45) is 0 Å². The average molecular weight is 142 g/mol. The van der Waals surface area contributed by atoms with Gasteiger partial charge in [-0.15, -0.1) is 0 Å². The summed E-state index contributed by atoms with van der Waals surface area (Å²) in [6.07, 6.45) is 2.33. The van der Waals surface area contributed by atoms with Crippen LogP contribution in [0.3, 0.4) is 0 Å². The van der Waals surface area contributed by atoms with E-state index in [-0.39, 0.29) is 6.10 Å². The summed E-state index contributed by atoms with van der Waals surface area (Å²) in [6, 6.07) is 0. The van der Waals surface area contributed by atoms with E-state index in [1.54, 1.807) is 13.0 Å². The Labute approximate surface area is 59.3 Å². The highest BCUT2D eigenvalue weighted by Crippen LogP contribution is 2.18. The van der Waals surface area contributed by atoms with Gasteiger partial charge in [-0.2, -0.15) is 0 Å². The van der Waals surface area contributed by atoms with Crippen molar-refractivity contribution >= 4 is 5.97 Å². The standard InChI is InChI=1S/C7H10O3/c1-2-5(7(8)9)3-6-4-10-6/h2,6H,3-4H2,1H3,(H,8,9)/t6-/m0/s1. The Morgan fingerprint density at radius 1 is 1.90 bits per heavy atom. The van der Waals surface area contributed by atoms with Crippen LogP contribution in [0.15, 0.2) is 11.6 Å². The van der Waals surface area contributed by atoms with Crippen molar-refractivity contribution in [2.45, 2.75) is 19.4 Å². The van der Waals surface area contributed by atoms with E-state index in [0.29, 0.717) is 18.6 Å². The molecule has 0 saturated carbocycles. The van der Waals surface area contributed by atoms with Crippen molar-refractivity contribution in [3.05, 3.63) is 11.6 Å². The summed E-state index contributed by atoms with van der Waals surface area (Å²) in [5, 5.41) is 8.53. The molecule has 1 heterocycles. The topological polar surface area (TPSA) is 49.8 Å². The Morgan fingerprint density at radius 3 is 2.80 bits per heavy atom. The minimum Gasteiger partial charge on any atom is -0.478 e. The summed E-state index contributed by atoms with van der Waals surface area (Å²) >= 11 is 0. The van der Waals surface area contributed by atoms with Gasteiger partial charge in [-0.05, 0) is 6.92 Å². The molecule has 1 atom stereocenters. The molecule has 0 amide bonds. The molecule has 0 aromatic carbocycles. The van der Waals surface area contributed by atoms with Gasteiger partial charge in [-0.25, -0.2) is 4.79 Å². The van der Waals surface area contributed by atoms with Crippen molar-refractivity contribution in [3.8, 4) is 0 Å². The maximum Gasteiger partial charge on any atom is 0.331 e. The molecule has 0 bridgehead atoms. The second-order valence-corrected chi connectivity index (χ2v) is 2.28. The molecule has 10 heavy (non-hydrogen) atoms. The number of allylic oxidation sites excluding steroid dienone is 1. The monoisotopic (exact) mass is 142 g/mol. The molecule has 1 fully saturated rings. The Hall–Kier alpha value is -0.830. The molecule has 1 saturated heterocycles. The predicted octanol–water partition coefficient (Wildman–Crippen LogP) is 0.806. The van der Waals surface area contributed by atoms with Crippen LogP contribution >= 0.6 is 0 Å². The molecule has 0 aromatic heterocycles. The van der Waals surface area contributed by atoms with Crippen LogP contribution in [0.2, 0.25) is 0 Å². The van der Waals surface area contributed by atoms with E-state index in [9.17, 15) is 4.79 Å². The Morgan fingerprint density at radius 2 is 2.50 bits per heavy atom. The minimum absolute atomic E-state index is 0.169. The fourth-order valence-electron chi connectivity index (χ4n) is 0.760.